The van der Waals surface area contributed by atoms with E-state index < -0.39 is 0 Å². The van der Waals surface area contributed by atoms with Crippen molar-refractivity contribution >= 4 is 0 Å². The van der Waals surface area contributed by atoms with Gasteiger partial charge in [0.1, 0.15) is 5.75 Å². The highest BCUT2D eigenvalue weighted by Gasteiger charge is 2.11. The predicted octanol–water partition coefficient (Wildman–Crippen LogP) is 3.08. The molecule has 0 amide bonds. The van der Waals surface area contributed by atoms with Crippen LogP contribution in [0.2, 0.25) is 0 Å². The van der Waals surface area contributed by atoms with E-state index in [0.29, 0.717) is 12.2 Å². The van der Waals surface area contributed by atoms with Crippen LogP contribution in [-0.4, -0.2) is 23.6 Å². The highest BCUT2D eigenvalue weighted by atomic mass is 16.3. The maximum absolute atomic E-state index is 9.44. The normalized spacial score (nSPS) is 12.4. The second kappa shape index (κ2) is 6.93. The third-order valence-corrected chi connectivity index (χ3v) is 3.06. The molecule has 0 spiro atoms. The molecule has 1 unspecified atom stereocenters. The number of hydrogen-bond acceptors (Lipinski definition) is 3. The van der Waals surface area contributed by atoms with Crippen LogP contribution in [0.5, 0.6) is 5.75 Å². The molecule has 3 heteroatoms. The summed E-state index contributed by atoms with van der Waals surface area (Å²) in [6.07, 6.45) is 2.62. The molecule has 0 saturated carbocycles. The van der Waals surface area contributed by atoms with Gasteiger partial charge in [0.15, 0.2) is 0 Å². The lowest BCUT2D eigenvalue weighted by Crippen LogP contribution is -2.23. The summed E-state index contributed by atoms with van der Waals surface area (Å²) in [5.41, 5.74) is 1.12. The van der Waals surface area contributed by atoms with Crippen molar-refractivity contribution < 1.29 is 5.11 Å². The molecule has 0 aromatic heterocycles. The van der Waals surface area contributed by atoms with Gasteiger partial charge in [0.05, 0.1) is 6.07 Å². The molecule has 1 rings (SSSR count). The average molecular weight is 232 g/mol. The molecule has 0 aliphatic heterocycles. The second-order valence-corrected chi connectivity index (χ2v) is 4.37. The maximum Gasteiger partial charge on any atom is 0.115 e. The van der Waals surface area contributed by atoms with Crippen molar-refractivity contribution in [2.75, 3.05) is 13.6 Å². The summed E-state index contributed by atoms with van der Waals surface area (Å²) in [7, 11) is 2.07. The number of nitrogens with zero attached hydrogens (tertiary/aromatic N) is 2. The number of hydrogen-bond donors (Lipinski definition) is 1. The van der Waals surface area contributed by atoms with Gasteiger partial charge in [-0.25, -0.2) is 0 Å². The van der Waals surface area contributed by atoms with Crippen molar-refractivity contribution in [1.29, 1.82) is 5.26 Å². The molecule has 1 aromatic carbocycles. The quantitative estimate of drug-likeness (QED) is 0.767. The molecule has 0 heterocycles. The summed E-state index contributed by atoms with van der Waals surface area (Å²) in [6, 6.07) is 9.82. The summed E-state index contributed by atoms with van der Waals surface area (Å²) >= 11 is 0. The van der Waals surface area contributed by atoms with E-state index in [4.69, 9.17) is 5.26 Å². The Morgan fingerprint density at radius 2 is 2.18 bits per heavy atom. The van der Waals surface area contributed by atoms with Crippen LogP contribution < -0.4 is 0 Å². The van der Waals surface area contributed by atoms with E-state index in [2.05, 4.69) is 24.9 Å². The molecule has 0 aliphatic carbocycles. The summed E-state index contributed by atoms with van der Waals surface area (Å²) in [5.74, 6) is 0.312. The fourth-order valence-corrected chi connectivity index (χ4v) is 1.80. The Balaban J connectivity index is 2.46. The van der Waals surface area contributed by atoms with Crippen LogP contribution in [0, 0.1) is 11.3 Å². The maximum atomic E-state index is 9.44. The van der Waals surface area contributed by atoms with Gasteiger partial charge in [0, 0.05) is 12.5 Å². The molecule has 0 radical (unpaired) electrons. The Hall–Kier alpha value is -1.53. The predicted molar refractivity (Wildman–Crippen MR) is 68.6 cm³/mol. The van der Waals surface area contributed by atoms with Gasteiger partial charge >= 0.3 is 0 Å². The van der Waals surface area contributed by atoms with Gasteiger partial charge in [-0.1, -0.05) is 12.1 Å². The first-order valence-electron chi connectivity index (χ1n) is 6.01. The Labute approximate surface area is 103 Å². The monoisotopic (exact) mass is 232 g/mol. The summed E-state index contributed by atoms with van der Waals surface area (Å²) < 4.78 is 0. The number of aromatic hydroxyl groups is 1. The molecular formula is C14H20N2O. The van der Waals surface area contributed by atoms with Gasteiger partial charge in [-0.3, -0.25) is 4.90 Å². The molecule has 0 saturated heterocycles. The van der Waals surface area contributed by atoms with Crippen molar-refractivity contribution in [2.24, 2.45) is 0 Å². The van der Waals surface area contributed by atoms with Crippen molar-refractivity contribution in [2.45, 2.75) is 32.2 Å². The zero-order valence-electron chi connectivity index (χ0n) is 10.6. The third kappa shape index (κ3) is 4.46. The standard InChI is InChI=1S/C14H20N2O/c1-12(13-7-6-8-14(17)11-13)16(2)10-5-3-4-9-15/h6-8,11-12,17H,3-5,10H2,1-2H3. The van der Waals surface area contributed by atoms with Crippen LogP contribution >= 0.6 is 0 Å². The number of phenols is 1. The minimum Gasteiger partial charge on any atom is -0.508 e. The van der Waals surface area contributed by atoms with Crippen LogP contribution in [0.4, 0.5) is 0 Å². The van der Waals surface area contributed by atoms with E-state index in [1.807, 2.05) is 12.1 Å². The highest BCUT2D eigenvalue weighted by Crippen LogP contribution is 2.22. The van der Waals surface area contributed by atoms with E-state index in [0.717, 1.165) is 24.9 Å². The molecule has 1 atom stereocenters. The topological polar surface area (TPSA) is 47.3 Å². The largest absolute Gasteiger partial charge is 0.508 e. The first-order valence-corrected chi connectivity index (χ1v) is 6.01. The summed E-state index contributed by atoms with van der Waals surface area (Å²) in [4.78, 5) is 2.24. The molecule has 0 aliphatic rings. The second-order valence-electron chi connectivity index (χ2n) is 4.37. The van der Waals surface area contributed by atoms with Crippen molar-refractivity contribution in [3.05, 3.63) is 29.8 Å². The zero-order chi connectivity index (χ0) is 12.7. The Morgan fingerprint density at radius 3 is 2.82 bits per heavy atom. The van der Waals surface area contributed by atoms with Crippen molar-refractivity contribution in [3.8, 4) is 11.8 Å². The number of nitriles is 1. The van der Waals surface area contributed by atoms with Crippen molar-refractivity contribution in [1.82, 2.24) is 4.90 Å². The molecule has 0 bridgehead atoms. The van der Waals surface area contributed by atoms with E-state index in [9.17, 15) is 5.11 Å². The van der Waals surface area contributed by atoms with Gasteiger partial charge in [-0.15, -0.1) is 0 Å². The lowest BCUT2D eigenvalue weighted by Gasteiger charge is -2.25. The lowest BCUT2D eigenvalue weighted by atomic mass is 10.1. The minimum absolute atomic E-state index is 0.282. The molecule has 1 N–H and O–H groups in total. The van der Waals surface area contributed by atoms with Crippen LogP contribution in [0.1, 0.15) is 37.8 Å². The molecule has 92 valence electrons. The highest BCUT2D eigenvalue weighted by molar-refractivity contribution is 5.29. The number of phenolic OH excluding ortho intramolecular Hbond substituents is 1. The molecule has 1 aromatic rings. The van der Waals surface area contributed by atoms with E-state index in [1.54, 1.807) is 12.1 Å². The molecular weight excluding hydrogens is 212 g/mol. The van der Waals surface area contributed by atoms with Crippen LogP contribution in [-0.2, 0) is 0 Å². The van der Waals surface area contributed by atoms with E-state index >= 15 is 0 Å². The average Bonchev–Trinajstić information content (AvgIpc) is 2.33. The van der Waals surface area contributed by atoms with E-state index in [-0.39, 0.29) is 6.04 Å². The fourth-order valence-electron chi connectivity index (χ4n) is 1.80. The summed E-state index contributed by atoms with van der Waals surface area (Å²) in [5, 5.41) is 17.9. The van der Waals surface area contributed by atoms with Gasteiger partial charge in [0.25, 0.3) is 0 Å². The van der Waals surface area contributed by atoms with Crippen molar-refractivity contribution in [3.63, 3.8) is 0 Å². The number of unbranched alkanes of at least 4 members (excludes halogenated alkanes) is 2. The Bertz CT molecular complexity index is 384. The van der Waals surface area contributed by atoms with Crippen LogP contribution in [0.15, 0.2) is 24.3 Å². The smallest absolute Gasteiger partial charge is 0.115 e. The summed E-state index contributed by atoms with van der Waals surface area (Å²) in [6.45, 7) is 3.09. The Morgan fingerprint density at radius 1 is 1.41 bits per heavy atom. The van der Waals surface area contributed by atoms with Gasteiger partial charge in [-0.05, 0) is 51.1 Å². The first kappa shape index (κ1) is 13.5. The van der Waals surface area contributed by atoms with E-state index in [1.165, 1.54) is 0 Å². The fraction of sp³-hybridized carbons (Fsp3) is 0.500. The third-order valence-electron chi connectivity index (χ3n) is 3.06. The van der Waals surface area contributed by atoms with Gasteiger partial charge in [-0.2, -0.15) is 5.26 Å². The number of rotatable bonds is 6. The minimum atomic E-state index is 0.282. The van der Waals surface area contributed by atoms with Gasteiger partial charge in [0.2, 0.25) is 0 Å². The first-order chi connectivity index (χ1) is 8.15. The lowest BCUT2D eigenvalue weighted by molar-refractivity contribution is 0.256. The Kier molecular flexibility index (Phi) is 5.51. The van der Waals surface area contributed by atoms with Crippen LogP contribution in [0.3, 0.4) is 0 Å². The SMILES string of the molecule is CC(c1cccc(O)c1)N(C)CCCCC#N. The molecule has 3 nitrogen and oxygen atoms in total. The zero-order valence-corrected chi connectivity index (χ0v) is 10.6. The molecule has 17 heavy (non-hydrogen) atoms. The molecule has 0 fully saturated rings. The van der Waals surface area contributed by atoms with Gasteiger partial charge < -0.3 is 5.11 Å². The van der Waals surface area contributed by atoms with Crippen LogP contribution in [0.25, 0.3) is 0 Å². The number of benzene rings is 1.